The third-order valence-corrected chi connectivity index (χ3v) is 6.90. The van der Waals surface area contributed by atoms with E-state index < -0.39 is 10.0 Å². The average Bonchev–Trinajstić information content (AvgIpc) is 2.85. The molecule has 0 unspecified atom stereocenters. The molecule has 0 radical (unpaired) electrons. The number of halogens is 1. The van der Waals surface area contributed by atoms with Crippen molar-refractivity contribution in [2.75, 3.05) is 57.1 Å². The molecule has 3 heterocycles. The zero-order chi connectivity index (χ0) is 25.0. The largest absolute Gasteiger partial charge is 0.480 e. The van der Waals surface area contributed by atoms with Crippen molar-refractivity contribution in [3.8, 4) is 17.0 Å². The van der Waals surface area contributed by atoms with Crippen LogP contribution in [0.15, 0.2) is 53.8 Å². The van der Waals surface area contributed by atoms with Crippen LogP contribution in [0.4, 0.5) is 15.8 Å². The Morgan fingerprint density at radius 3 is 2.57 bits per heavy atom. The molecular weight excluding hydrogens is 473 g/mol. The van der Waals surface area contributed by atoms with Crippen molar-refractivity contribution >= 4 is 21.4 Å². The molecule has 0 aliphatic carbocycles. The van der Waals surface area contributed by atoms with E-state index in [9.17, 15) is 12.8 Å². The van der Waals surface area contributed by atoms with Gasteiger partial charge in [-0.15, -0.1) is 0 Å². The summed E-state index contributed by atoms with van der Waals surface area (Å²) in [5.74, 6) is -0.352. The van der Waals surface area contributed by atoms with Crippen LogP contribution in [0.5, 0.6) is 5.88 Å². The van der Waals surface area contributed by atoms with Gasteiger partial charge in [-0.1, -0.05) is 12.1 Å². The zero-order valence-corrected chi connectivity index (χ0v) is 20.7. The lowest BCUT2D eigenvalue weighted by Gasteiger charge is -2.29. The van der Waals surface area contributed by atoms with E-state index in [0.29, 0.717) is 55.2 Å². The number of methoxy groups -OCH3 is 1. The Morgan fingerprint density at radius 2 is 1.89 bits per heavy atom. The lowest BCUT2D eigenvalue weighted by atomic mass is 10.0. The molecule has 2 aromatic heterocycles. The van der Waals surface area contributed by atoms with Gasteiger partial charge in [0.2, 0.25) is 5.88 Å². The highest BCUT2D eigenvalue weighted by atomic mass is 32.2. The third-order valence-electron chi connectivity index (χ3n) is 5.53. The molecule has 0 saturated carbocycles. The minimum atomic E-state index is -4.06. The molecule has 0 amide bonds. The molecule has 9 nitrogen and oxygen atoms in total. The van der Waals surface area contributed by atoms with E-state index in [1.54, 1.807) is 30.6 Å². The van der Waals surface area contributed by atoms with Crippen molar-refractivity contribution in [1.82, 2.24) is 14.9 Å². The third kappa shape index (κ3) is 5.87. The van der Waals surface area contributed by atoms with Gasteiger partial charge in [0.05, 0.1) is 44.1 Å². The lowest BCUT2D eigenvalue weighted by molar-refractivity contribution is 0.122. The van der Waals surface area contributed by atoms with Crippen LogP contribution in [0.25, 0.3) is 11.1 Å². The standard InChI is InChI=1S/C24H28FN5O4S/c1-29(2)16-18-5-4-17(11-22(18)25)19-10-20(14-26-13-19)28-35(31,32)23-12-21(15-27-24(23)33-3)30-6-8-34-9-7-30/h4-5,10-15,28H,6-9,16H2,1-3H3. The first kappa shape index (κ1) is 24.8. The number of hydrogen-bond acceptors (Lipinski definition) is 8. The number of pyridine rings is 2. The molecule has 1 saturated heterocycles. The van der Waals surface area contributed by atoms with Crippen molar-refractivity contribution < 1.29 is 22.3 Å². The van der Waals surface area contributed by atoms with E-state index in [1.165, 1.54) is 25.4 Å². The van der Waals surface area contributed by atoms with Crippen LogP contribution in [0.2, 0.25) is 0 Å². The number of benzene rings is 1. The summed E-state index contributed by atoms with van der Waals surface area (Å²) in [6.45, 7) is 2.86. The first-order chi connectivity index (χ1) is 16.8. The fraction of sp³-hybridized carbons (Fsp3) is 0.333. The Balaban J connectivity index is 1.61. The number of sulfonamides is 1. The molecule has 1 N–H and O–H groups in total. The number of nitrogens with one attached hydrogen (secondary N) is 1. The molecule has 186 valence electrons. The second kappa shape index (κ2) is 10.5. The number of nitrogens with zero attached hydrogens (tertiary/aromatic N) is 4. The Hall–Kier alpha value is -3.28. The molecule has 4 rings (SSSR count). The average molecular weight is 502 g/mol. The Morgan fingerprint density at radius 1 is 1.11 bits per heavy atom. The van der Waals surface area contributed by atoms with E-state index in [0.717, 1.165) is 0 Å². The molecule has 1 aliphatic rings. The number of anilines is 2. The zero-order valence-electron chi connectivity index (χ0n) is 19.9. The van der Waals surface area contributed by atoms with E-state index in [1.807, 2.05) is 23.9 Å². The number of aromatic nitrogens is 2. The van der Waals surface area contributed by atoms with Crippen molar-refractivity contribution in [2.45, 2.75) is 11.4 Å². The first-order valence-corrected chi connectivity index (χ1v) is 12.5. The van der Waals surface area contributed by atoms with Gasteiger partial charge in [-0.2, -0.15) is 0 Å². The SMILES string of the molecule is COc1ncc(N2CCOCC2)cc1S(=O)(=O)Nc1cncc(-c2ccc(CN(C)C)c(F)c2)c1. The van der Waals surface area contributed by atoms with Crippen molar-refractivity contribution in [2.24, 2.45) is 0 Å². The molecule has 1 aliphatic heterocycles. The maximum absolute atomic E-state index is 14.6. The van der Waals surface area contributed by atoms with Crippen LogP contribution in [0.3, 0.4) is 0 Å². The smallest absolute Gasteiger partial charge is 0.267 e. The fourth-order valence-electron chi connectivity index (χ4n) is 3.82. The Kier molecular flexibility index (Phi) is 7.48. The normalized spacial score (nSPS) is 14.3. The Bertz CT molecular complexity index is 1300. The summed E-state index contributed by atoms with van der Waals surface area (Å²) in [7, 11) is 1.05. The van der Waals surface area contributed by atoms with E-state index >= 15 is 0 Å². The predicted molar refractivity (Wildman–Crippen MR) is 132 cm³/mol. The summed E-state index contributed by atoms with van der Waals surface area (Å²) in [4.78, 5) is 12.1. The van der Waals surface area contributed by atoms with Crippen LogP contribution < -0.4 is 14.4 Å². The molecule has 1 fully saturated rings. The monoisotopic (exact) mass is 501 g/mol. The van der Waals surface area contributed by atoms with E-state index in [-0.39, 0.29) is 22.3 Å². The maximum atomic E-state index is 14.6. The lowest BCUT2D eigenvalue weighted by Crippen LogP contribution is -2.36. The van der Waals surface area contributed by atoms with Gasteiger partial charge in [0.1, 0.15) is 5.82 Å². The van der Waals surface area contributed by atoms with Gasteiger partial charge < -0.3 is 19.3 Å². The number of morpholine rings is 1. The van der Waals surface area contributed by atoms with Gasteiger partial charge >= 0.3 is 0 Å². The highest BCUT2D eigenvalue weighted by Crippen LogP contribution is 2.30. The van der Waals surface area contributed by atoms with Gasteiger partial charge in [0, 0.05) is 37.0 Å². The van der Waals surface area contributed by atoms with Gasteiger partial charge in [-0.05, 0) is 37.9 Å². The maximum Gasteiger partial charge on any atom is 0.267 e. The summed E-state index contributed by atoms with van der Waals surface area (Å²) in [6.07, 6.45) is 4.53. The molecule has 1 aromatic carbocycles. The van der Waals surface area contributed by atoms with E-state index in [2.05, 4.69) is 14.7 Å². The molecule has 0 spiro atoms. The molecule has 0 atom stereocenters. The van der Waals surface area contributed by atoms with Crippen LogP contribution >= 0.6 is 0 Å². The van der Waals surface area contributed by atoms with Crippen LogP contribution in [-0.4, -0.2) is 70.8 Å². The number of hydrogen-bond donors (Lipinski definition) is 1. The molecule has 11 heteroatoms. The Labute approximate surface area is 204 Å². The number of ether oxygens (including phenoxy) is 2. The minimum absolute atomic E-state index is 0.0165. The molecule has 35 heavy (non-hydrogen) atoms. The highest BCUT2D eigenvalue weighted by molar-refractivity contribution is 7.92. The summed E-state index contributed by atoms with van der Waals surface area (Å²) in [5, 5.41) is 0. The quantitative estimate of drug-likeness (QED) is 0.503. The van der Waals surface area contributed by atoms with Crippen molar-refractivity contribution in [3.63, 3.8) is 0 Å². The predicted octanol–water partition coefficient (Wildman–Crippen LogP) is 2.99. The fourth-order valence-corrected chi connectivity index (χ4v) is 5.00. The minimum Gasteiger partial charge on any atom is -0.480 e. The van der Waals surface area contributed by atoms with Crippen LogP contribution in [0.1, 0.15) is 5.56 Å². The van der Waals surface area contributed by atoms with Gasteiger partial charge in [-0.3, -0.25) is 9.71 Å². The second-order valence-corrected chi connectivity index (χ2v) is 10.1. The highest BCUT2D eigenvalue weighted by Gasteiger charge is 2.24. The van der Waals surface area contributed by atoms with Gasteiger partial charge in [0.25, 0.3) is 10.0 Å². The topological polar surface area (TPSA) is 96.9 Å². The first-order valence-electron chi connectivity index (χ1n) is 11.0. The van der Waals surface area contributed by atoms with Gasteiger partial charge in [-0.25, -0.2) is 17.8 Å². The van der Waals surface area contributed by atoms with Crippen LogP contribution in [0, 0.1) is 5.82 Å². The van der Waals surface area contributed by atoms with Crippen LogP contribution in [-0.2, 0) is 21.3 Å². The second-order valence-electron chi connectivity index (χ2n) is 8.41. The number of rotatable bonds is 8. The van der Waals surface area contributed by atoms with E-state index in [4.69, 9.17) is 9.47 Å². The summed E-state index contributed by atoms with van der Waals surface area (Å²) in [5.41, 5.74) is 2.64. The molecule has 0 bridgehead atoms. The molecule has 3 aromatic rings. The summed E-state index contributed by atoms with van der Waals surface area (Å²) < 4.78 is 54.3. The molecular formula is C24H28FN5O4S. The van der Waals surface area contributed by atoms with Gasteiger partial charge in [0.15, 0.2) is 4.90 Å². The summed E-state index contributed by atoms with van der Waals surface area (Å²) >= 11 is 0. The van der Waals surface area contributed by atoms with Crippen molar-refractivity contribution in [3.05, 3.63) is 60.3 Å². The summed E-state index contributed by atoms with van der Waals surface area (Å²) in [6, 6.07) is 8.07. The van der Waals surface area contributed by atoms with Crippen molar-refractivity contribution in [1.29, 1.82) is 0 Å².